The highest BCUT2D eigenvalue weighted by atomic mass is 16.5. The third-order valence-electron chi connectivity index (χ3n) is 3.12. The van der Waals surface area contributed by atoms with Crippen LogP contribution in [0.2, 0.25) is 0 Å². The number of carbonyl (C=O) groups is 1. The maximum absolute atomic E-state index is 12.0. The smallest absolute Gasteiger partial charge is 0.170 e. The first kappa shape index (κ1) is 10.1. The minimum atomic E-state index is 0.130. The molecule has 84 valence electrons. The first-order valence-corrected chi connectivity index (χ1v) is 5.61. The van der Waals surface area contributed by atoms with Crippen LogP contribution in [0.15, 0.2) is 36.4 Å². The van der Waals surface area contributed by atoms with E-state index in [9.17, 15) is 4.79 Å². The molecule has 2 nitrogen and oxygen atoms in total. The molecule has 0 bridgehead atoms. The van der Waals surface area contributed by atoms with Gasteiger partial charge in [-0.3, -0.25) is 4.79 Å². The molecule has 2 heteroatoms. The van der Waals surface area contributed by atoms with E-state index in [0.29, 0.717) is 17.7 Å². The van der Waals surface area contributed by atoms with Crippen molar-refractivity contribution < 1.29 is 9.53 Å². The molecule has 17 heavy (non-hydrogen) atoms. The Labute approximate surface area is 99.5 Å². The molecule has 0 saturated carbocycles. The van der Waals surface area contributed by atoms with E-state index in [4.69, 9.17) is 4.74 Å². The second-order valence-electron chi connectivity index (χ2n) is 4.12. The summed E-state index contributed by atoms with van der Waals surface area (Å²) in [4.78, 5) is 12.0. The predicted octanol–water partition coefficient (Wildman–Crippen LogP) is 3.45. The number of methoxy groups -OCH3 is 1. The van der Waals surface area contributed by atoms with Crippen LogP contribution >= 0.6 is 0 Å². The van der Waals surface area contributed by atoms with Gasteiger partial charge in [-0.25, -0.2) is 0 Å². The third kappa shape index (κ3) is 1.45. The molecule has 0 heterocycles. The maximum atomic E-state index is 12.0. The molecule has 0 aromatic heterocycles. The lowest BCUT2D eigenvalue weighted by atomic mass is 9.91. The average Bonchev–Trinajstić information content (AvgIpc) is 2.36. The maximum Gasteiger partial charge on any atom is 0.170 e. The molecule has 0 saturated heterocycles. The minimum absolute atomic E-state index is 0.130. The fourth-order valence-electron chi connectivity index (χ4n) is 2.36. The SMILES string of the molecule is COc1c2c(cc3ccccc13)C=CCC2=O. The molecule has 0 aliphatic heterocycles. The largest absolute Gasteiger partial charge is 0.495 e. The molecule has 2 aromatic rings. The summed E-state index contributed by atoms with van der Waals surface area (Å²) < 4.78 is 5.44. The first-order valence-electron chi connectivity index (χ1n) is 5.61. The zero-order valence-electron chi connectivity index (χ0n) is 9.57. The summed E-state index contributed by atoms with van der Waals surface area (Å²) >= 11 is 0. The number of benzene rings is 2. The van der Waals surface area contributed by atoms with Crippen molar-refractivity contribution in [2.45, 2.75) is 6.42 Å². The molecule has 0 N–H and O–H groups in total. The van der Waals surface area contributed by atoms with Crippen LogP contribution in [-0.4, -0.2) is 12.9 Å². The monoisotopic (exact) mass is 224 g/mol. The molecule has 2 aromatic carbocycles. The highest BCUT2D eigenvalue weighted by molar-refractivity contribution is 6.10. The first-order chi connectivity index (χ1) is 8.31. The lowest BCUT2D eigenvalue weighted by molar-refractivity contribution is 0.0992. The van der Waals surface area contributed by atoms with Gasteiger partial charge in [0.25, 0.3) is 0 Å². The van der Waals surface area contributed by atoms with Gasteiger partial charge in [0, 0.05) is 11.8 Å². The second kappa shape index (κ2) is 3.74. The van der Waals surface area contributed by atoms with Gasteiger partial charge in [0.15, 0.2) is 5.78 Å². The number of hydrogen-bond acceptors (Lipinski definition) is 2. The van der Waals surface area contributed by atoms with Crippen molar-refractivity contribution >= 4 is 22.6 Å². The van der Waals surface area contributed by atoms with Gasteiger partial charge in [-0.2, -0.15) is 0 Å². The van der Waals surface area contributed by atoms with E-state index in [-0.39, 0.29) is 5.78 Å². The number of fused-ring (bicyclic) bond motifs is 2. The summed E-state index contributed by atoms with van der Waals surface area (Å²) in [7, 11) is 1.62. The van der Waals surface area contributed by atoms with E-state index in [1.54, 1.807) is 7.11 Å². The number of ether oxygens (including phenoxy) is 1. The van der Waals surface area contributed by atoms with E-state index in [2.05, 4.69) is 0 Å². The third-order valence-corrected chi connectivity index (χ3v) is 3.12. The molecule has 3 rings (SSSR count). The highest BCUT2D eigenvalue weighted by Gasteiger charge is 2.20. The predicted molar refractivity (Wildman–Crippen MR) is 68.5 cm³/mol. The summed E-state index contributed by atoms with van der Waals surface area (Å²) in [6.07, 6.45) is 4.35. The molecule has 1 aliphatic rings. The number of ketones is 1. The Bertz CT molecular complexity index is 639. The van der Waals surface area contributed by atoms with Gasteiger partial charge in [-0.1, -0.05) is 36.4 Å². The van der Waals surface area contributed by atoms with Crippen LogP contribution in [0, 0.1) is 0 Å². The Morgan fingerprint density at radius 1 is 1.24 bits per heavy atom. The molecule has 0 unspecified atom stereocenters. The minimum Gasteiger partial charge on any atom is -0.495 e. The zero-order valence-corrected chi connectivity index (χ0v) is 9.57. The topological polar surface area (TPSA) is 26.3 Å². The molecule has 0 radical (unpaired) electrons. The number of hydrogen-bond donors (Lipinski definition) is 0. The molecule has 1 aliphatic carbocycles. The Kier molecular flexibility index (Phi) is 2.22. The van der Waals surface area contributed by atoms with Crippen LogP contribution in [0.5, 0.6) is 5.75 Å². The molecule has 0 fully saturated rings. The summed E-state index contributed by atoms with van der Waals surface area (Å²) in [5.74, 6) is 0.831. The average molecular weight is 224 g/mol. The van der Waals surface area contributed by atoms with Crippen LogP contribution in [-0.2, 0) is 0 Å². The number of rotatable bonds is 1. The van der Waals surface area contributed by atoms with Gasteiger partial charge in [-0.15, -0.1) is 0 Å². The van der Waals surface area contributed by atoms with E-state index < -0.39 is 0 Å². The van der Waals surface area contributed by atoms with E-state index in [1.165, 1.54) is 0 Å². The van der Waals surface area contributed by atoms with Crippen LogP contribution in [0.3, 0.4) is 0 Å². The van der Waals surface area contributed by atoms with Crippen LogP contribution in [0.1, 0.15) is 22.3 Å². The number of carbonyl (C=O) groups excluding carboxylic acids is 1. The lowest BCUT2D eigenvalue weighted by Crippen LogP contribution is -2.07. The highest BCUT2D eigenvalue weighted by Crippen LogP contribution is 2.35. The molecule has 0 atom stereocenters. The van der Waals surface area contributed by atoms with Crippen LogP contribution in [0.25, 0.3) is 16.8 Å². The normalized spacial score (nSPS) is 13.8. The van der Waals surface area contributed by atoms with Crippen LogP contribution in [0.4, 0.5) is 0 Å². The summed E-state index contributed by atoms with van der Waals surface area (Å²) in [5, 5.41) is 2.10. The van der Waals surface area contributed by atoms with Crippen LogP contribution < -0.4 is 4.74 Å². The Hall–Kier alpha value is -2.09. The standard InChI is InChI=1S/C15H12O2/c1-17-15-12-7-3-2-5-10(12)9-11-6-4-8-13(16)14(11)15/h2-7,9H,8H2,1H3. The summed E-state index contributed by atoms with van der Waals surface area (Å²) in [6, 6.07) is 10.0. The van der Waals surface area contributed by atoms with Gasteiger partial charge in [0.2, 0.25) is 0 Å². The van der Waals surface area contributed by atoms with Crippen molar-refractivity contribution in [1.29, 1.82) is 0 Å². The molecule has 0 amide bonds. The van der Waals surface area contributed by atoms with Crippen molar-refractivity contribution in [3.05, 3.63) is 47.5 Å². The van der Waals surface area contributed by atoms with Gasteiger partial charge in [0.1, 0.15) is 5.75 Å². The quantitative estimate of drug-likeness (QED) is 0.741. The Morgan fingerprint density at radius 3 is 2.88 bits per heavy atom. The van der Waals surface area contributed by atoms with Gasteiger partial charge in [0.05, 0.1) is 12.7 Å². The second-order valence-corrected chi connectivity index (χ2v) is 4.12. The Balaban J connectivity index is 2.46. The summed E-state index contributed by atoms with van der Waals surface area (Å²) in [5.41, 5.74) is 1.67. The fourth-order valence-corrected chi connectivity index (χ4v) is 2.36. The van der Waals surface area contributed by atoms with Crippen molar-refractivity contribution in [2.24, 2.45) is 0 Å². The van der Waals surface area contributed by atoms with E-state index in [1.807, 2.05) is 42.5 Å². The number of Topliss-reactive ketones (excluding diaryl/α,β-unsaturated/α-hetero) is 1. The fraction of sp³-hybridized carbons (Fsp3) is 0.133. The van der Waals surface area contributed by atoms with Gasteiger partial charge >= 0.3 is 0 Å². The summed E-state index contributed by atoms with van der Waals surface area (Å²) in [6.45, 7) is 0. The zero-order chi connectivity index (χ0) is 11.8. The Morgan fingerprint density at radius 2 is 2.06 bits per heavy atom. The van der Waals surface area contributed by atoms with Gasteiger partial charge in [-0.05, 0) is 17.0 Å². The van der Waals surface area contributed by atoms with Crippen molar-refractivity contribution in [1.82, 2.24) is 0 Å². The van der Waals surface area contributed by atoms with E-state index >= 15 is 0 Å². The van der Waals surface area contributed by atoms with E-state index in [0.717, 1.165) is 16.3 Å². The molecular weight excluding hydrogens is 212 g/mol. The number of allylic oxidation sites excluding steroid dienone is 1. The van der Waals surface area contributed by atoms with Crippen molar-refractivity contribution in [2.75, 3.05) is 7.11 Å². The van der Waals surface area contributed by atoms with Crippen molar-refractivity contribution in [3.8, 4) is 5.75 Å². The molecular formula is C15H12O2. The lowest BCUT2D eigenvalue weighted by Gasteiger charge is -2.16. The van der Waals surface area contributed by atoms with Crippen molar-refractivity contribution in [3.63, 3.8) is 0 Å². The van der Waals surface area contributed by atoms with Gasteiger partial charge < -0.3 is 4.74 Å². The molecule has 0 spiro atoms.